The normalized spacial score (nSPS) is 10.8. The van der Waals surface area contributed by atoms with Crippen LogP contribution in [0.5, 0.6) is 0 Å². The quantitative estimate of drug-likeness (QED) is 0.724. The molecule has 0 unspecified atom stereocenters. The third kappa shape index (κ3) is 1.08. The van der Waals surface area contributed by atoms with E-state index in [1.165, 1.54) is 0 Å². The van der Waals surface area contributed by atoms with E-state index in [0.717, 1.165) is 23.1 Å². The summed E-state index contributed by atoms with van der Waals surface area (Å²) in [6, 6.07) is 3.76. The number of nitrogens with two attached hydrogens (primary N) is 1. The molecule has 12 heavy (non-hydrogen) atoms. The van der Waals surface area contributed by atoms with Crippen molar-refractivity contribution in [3.05, 3.63) is 30.2 Å². The Kier molecular flexibility index (Phi) is 1.80. The zero-order valence-corrected chi connectivity index (χ0v) is 6.66. The second-order valence-electron chi connectivity index (χ2n) is 2.65. The maximum atomic E-state index is 5.44. The number of hydrogen-bond acceptors (Lipinski definition) is 3. The van der Waals surface area contributed by atoms with Gasteiger partial charge in [-0.05, 0) is 25.1 Å². The molecule has 0 saturated carbocycles. The zero-order valence-electron chi connectivity index (χ0n) is 6.66. The topological polar surface area (TPSA) is 52.0 Å². The summed E-state index contributed by atoms with van der Waals surface area (Å²) in [6.45, 7) is 0.630. The molecule has 62 valence electrons. The summed E-state index contributed by atoms with van der Waals surface area (Å²) < 4.78 is 5.28. The predicted octanol–water partition coefficient (Wildman–Crippen LogP) is 1.33. The summed E-state index contributed by atoms with van der Waals surface area (Å²) in [6.07, 6.45) is 4.31. The number of fused-ring (bicyclic) bond motifs is 1. The fourth-order valence-corrected chi connectivity index (χ4v) is 1.25. The fraction of sp³-hybridized carbons (Fsp3) is 0.222. The number of rotatable bonds is 2. The molecule has 3 heteroatoms. The summed E-state index contributed by atoms with van der Waals surface area (Å²) >= 11 is 0. The number of pyridine rings is 1. The minimum Gasteiger partial charge on any atom is -0.462 e. The molecule has 0 aromatic carbocycles. The first kappa shape index (κ1) is 7.31. The van der Waals surface area contributed by atoms with Crippen molar-refractivity contribution in [2.24, 2.45) is 5.73 Å². The van der Waals surface area contributed by atoms with Crippen molar-refractivity contribution in [2.75, 3.05) is 6.54 Å². The Morgan fingerprint density at radius 3 is 3.25 bits per heavy atom. The average Bonchev–Trinajstić information content (AvgIpc) is 2.50. The van der Waals surface area contributed by atoms with Gasteiger partial charge in [0.25, 0.3) is 0 Å². The molecule has 0 aliphatic carbocycles. The monoisotopic (exact) mass is 162 g/mol. The summed E-state index contributed by atoms with van der Waals surface area (Å²) in [4.78, 5) is 4.21. The maximum absolute atomic E-state index is 5.44. The van der Waals surface area contributed by atoms with Crippen LogP contribution in [0.3, 0.4) is 0 Å². The number of aromatic nitrogens is 1. The number of furan rings is 1. The second-order valence-corrected chi connectivity index (χ2v) is 2.65. The van der Waals surface area contributed by atoms with Crippen LogP contribution in [-0.4, -0.2) is 11.5 Å². The van der Waals surface area contributed by atoms with E-state index < -0.39 is 0 Å². The van der Waals surface area contributed by atoms with Gasteiger partial charge in [0.2, 0.25) is 0 Å². The second kappa shape index (κ2) is 2.95. The van der Waals surface area contributed by atoms with Gasteiger partial charge in [-0.3, -0.25) is 4.98 Å². The Balaban J connectivity index is 2.55. The van der Waals surface area contributed by atoms with Crippen LogP contribution in [0.15, 0.2) is 29.0 Å². The first-order valence-electron chi connectivity index (χ1n) is 3.93. The summed E-state index contributed by atoms with van der Waals surface area (Å²) in [5.41, 5.74) is 8.30. The molecule has 3 nitrogen and oxygen atoms in total. The third-order valence-electron chi connectivity index (χ3n) is 1.82. The summed E-state index contributed by atoms with van der Waals surface area (Å²) in [7, 11) is 0. The van der Waals surface area contributed by atoms with Gasteiger partial charge in [-0.25, -0.2) is 0 Å². The van der Waals surface area contributed by atoms with E-state index in [4.69, 9.17) is 10.2 Å². The molecule has 0 spiro atoms. The predicted molar refractivity (Wildman–Crippen MR) is 46.8 cm³/mol. The highest BCUT2D eigenvalue weighted by Crippen LogP contribution is 2.17. The van der Waals surface area contributed by atoms with Crippen LogP contribution in [0.25, 0.3) is 11.1 Å². The van der Waals surface area contributed by atoms with Crippen molar-refractivity contribution in [1.82, 2.24) is 4.98 Å². The first-order valence-corrected chi connectivity index (χ1v) is 3.93. The van der Waals surface area contributed by atoms with Gasteiger partial charge in [0.1, 0.15) is 5.52 Å². The molecule has 2 heterocycles. The highest BCUT2D eigenvalue weighted by Gasteiger charge is 2.03. The van der Waals surface area contributed by atoms with Crippen molar-refractivity contribution in [3.63, 3.8) is 0 Å². The van der Waals surface area contributed by atoms with Gasteiger partial charge in [0, 0.05) is 11.8 Å². The standard InChI is InChI=1S/C9H10N2O/c10-4-3-7-6-12-8-2-1-5-11-9(7)8/h1-2,5-6H,3-4,10H2. The van der Waals surface area contributed by atoms with Gasteiger partial charge in [0.05, 0.1) is 6.26 Å². The molecule has 0 bridgehead atoms. The lowest BCUT2D eigenvalue weighted by Crippen LogP contribution is -2.02. The molecule has 0 fully saturated rings. The highest BCUT2D eigenvalue weighted by atomic mass is 16.3. The molecule has 2 aromatic rings. The lowest BCUT2D eigenvalue weighted by atomic mass is 10.2. The van der Waals surface area contributed by atoms with Crippen LogP contribution in [0.2, 0.25) is 0 Å². The summed E-state index contributed by atoms with van der Waals surface area (Å²) in [5, 5.41) is 0. The third-order valence-corrected chi connectivity index (χ3v) is 1.82. The average molecular weight is 162 g/mol. The van der Waals surface area contributed by atoms with Crippen LogP contribution < -0.4 is 5.73 Å². The van der Waals surface area contributed by atoms with Gasteiger partial charge in [-0.15, -0.1) is 0 Å². The molecular formula is C9H10N2O. The van der Waals surface area contributed by atoms with Crippen LogP contribution in [0, 0.1) is 0 Å². The Labute approximate surface area is 70.2 Å². The van der Waals surface area contributed by atoms with E-state index in [1.54, 1.807) is 12.5 Å². The zero-order chi connectivity index (χ0) is 8.39. The Bertz CT molecular complexity index is 381. The molecule has 2 aromatic heterocycles. The molecular weight excluding hydrogens is 152 g/mol. The molecule has 2 rings (SSSR count). The van der Waals surface area contributed by atoms with Crippen molar-refractivity contribution < 1.29 is 4.42 Å². The van der Waals surface area contributed by atoms with Gasteiger partial charge >= 0.3 is 0 Å². The minimum absolute atomic E-state index is 0.630. The number of hydrogen-bond donors (Lipinski definition) is 1. The van der Waals surface area contributed by atoms with E-state index in [1.807, 2.05) is 12.1 Å². The molecule has 0 radical (unpaired) electrons. The van der Waals surface area contributed by atoms with Gasteiger partial charge in [-0.1, -0.05) is 0 Å². The first-order chi connectivity index (χ1) is 5.92. The molecule has 0 amide bonds. The molecule has 0 aliphatic rings. The van der Waals surface area contributed by atoms with E-state index in [2.05, 4.69) is 4.98 Å². The van der Waals surface area contributed by atoms with E-state index in [9.17, 15) is 0 Å². The minimum atomic E-state index is 0.630. The molecule has 0 aliphatic heterocycles. The van der Waals surface area contributed by atoms with E-state index >= 15 is 0 Å². The van der Waals surface area contributed by atoms with Crippen molar-refractivity contribution in [2.45, 2.75) is 6.42 Å². The van der Waals surface area contributed by atoms with Crippen molar-refractivity contribution in [1.29, 1.82) is 0 Å². The fourth-order valence-electron chi connectivity index (χ4n) is 1.25. The van der Waals surface area contributed by atoms with Crippen molar-refractivity contribution >= 4 is 11.1 Å². The van der Waals surface area contributed by atoms with Gasteiger partial charge < -0.3 is 10.2 Å². The lowest BCUT2D eigenvalue weighted by Gasteiger charge is -1.91. The summed E-state index contributed by atoms with van der Waals surface area (Å²) in [5.74, 6) is 0. The molecule has 0 atom stereocenters. The lowest BCUT2D eigenvalue weighted by molar-refractivity contribution is 0.610. The number of nitrogens with zero attached hydrogens (tertiary/aromatic N) is 1. The maximum Gasteiger partial charge on any atom is 0.152 e. The largest absolute Gasteiger partial charge is 0.462 e. The SMILES string of the molecule is NCCc1coc2cccnc12. The Morgan fingerprint density at radius 2 is 2.42 bits per heavy atom. The molecule has 0 saturated heterocycles. The van der Waals surface area contributed by atoms with Gasteiger partial charge in [0.15, 0.2) is 5.58 Å². The van der Waals surface area contributed by atoms with Crippen molar-refractivity contribution in [3.8, 4) is 0 Å². The van der Waals surface area contributed by atoms with Crippen LogP contribution >= 0.6 is 0 Å². The Hall–Kier alpha value is -1.35. The van der Waals surface area contributed by atoms with Gasteiger partial charge in [-0.2, -0.15) is 0 Å². The van der Waals surface area contributed by atoms with Crippen LogP contribution in [0.1, 0.15) is 5.56 Å². The smallest absolute Gasteiger partial charge is 0.152 e. The van der Waals surface area contributed by atoms with Crippen LogP contribution in [-0.2, 0) is 6.42 Å². The van der Waals surface area contributed by atoms with E-state index in [-0.39, 0.29) is 0 Å². The van der Waals surface area contributed by atoms with Crippen LogP contribution in [0.4, 0.5) is 0 Å². The molecule has 2 N–H and O–H groups in total. The Morgan fingerprint density at radius 1 is 1.50 bits per heavy atom. The highest BCUT2D eigenvalue weighted by molar-refractivity contribution is 5.75. The van der Waals surface area contributed by atoms with E-state index in [0.29, 0.717) is 6.54 Å².